The van der Waals surface area contributed by atoms with Crippen molar-refractivity contribution in [2.24, 2.45) is 0 Å². The van der Waals surface area contributed by atoms with E-state index in [1.807, 2.05) is 72.8 Å². The number of ether oxygens (including phenoxy) is 3. The Morgan fingerprint density at radius 3 is 2.41 bits per heavy atom. The molecule has 4 rings (SSSR count). The highest BCUT2D eigenvalue weighted by atomic mass is 32.1. The van der Waals surface area contributed by atoms with Crippen molar-refractivity contribution in [2.45, 2.75) is 19.8 Å². The van der Waals surface area contributed by atoms with Gasteiger partial charge in [0.2, 0.25) is 0 Å². The predicted molar refractivity (Wildman–Crippen MR) is 133 cm³/mol. The van der Waals surface area contributed by atoms with Gasteiger partial charge in [0.05, 0.1) is 33.0 Å². The standard InChI is InChI=1S/C27H26N2O4S/c1-31-24-13-7-12-22(25(24)32-2)27-29-23(18-34-27)26(30)28-15-20-10-6-11-21(14-20)17-33-16-19-8-4-3-5-9-19/h3-14,18H,15-17H2,1-2H3,(H,28,30). The minimum absolute atomic E-state index is 0.227. The summed E-state index contributed by atoms with van der Waals surface area (Å²) in [6, 6.07) is 23.7. The molecule has 1 amide bonds. The molecule has 174 valence electrons. The lowest BCUT2D eigenvalue weighted by molar-refractivity contribution is 0.0946. The summed E-state index contributed by atoms with van der Waals surface area (Å²) in [6.45, 7) is 1.47. The van der Waals surface area contributed by atoms with Crippen LogP contribution >= 0.6 is 11.3 Å². The van der Waals surface area contributed by atoms with E-state index in [0.29, 0.717) is 42.0 Å². The van der Waals surface area contributed by atoms with Crippen LogP contribution in [0.15, 0.2) is 78.2 Å². The quantitative estimate of drug-likeness (QED) is 0.330. The summed E-state index contributed by atoms with van der Waals surface area (Å²) in [5, 5.41) is 5.39. The molecule has 0 spiro atoms. The molecule has 4 aromatic rings. The van der Waals surface area contributed by atoms with Crippen LogP contribution in [0.4, 0.5) is 0 Å². The van der Waals surface area contributed by atoms with E-state index in [1.165, 1.54) is 11.3 Å². The zero-order chi connectivity index (χ0) is 23.8. The zero-order valence-electron chi connectivity index (χ0n) is 19.1. The lowest BCUT2D eigenvalue weighted by Gasteiger charge is -2.10. The molecule has 3 aromatic carbocycles. The smallest absolute Gasteiger partial charge is 0.271 e. The SMILES string of the molecule is COc1cccc(-c2nc(C(=O)NCc3cccc(COCc4ccccc4)c3)cs2)c1OC. The second-order valence-electron chi connectivity index (χ2n) is 7.56. The van der Waals surface area contributed by atoms with E-state index in [9.17, 15) is 4.79 Å². The van der Waals surface area contributed by atoms with Crippen LogP contribution in [0.25, 0.3) is 10.6 Å². The van der Waals surface area contributed by atoms with Crippen LogP contribution in [0, 0.1) is 0 Å². The van der Waals surface area contributed by atoms with Gasteiger partial charge in [-0.3, -0.25) is 4.79 Å². The molecular weight excluding hydrogens is 448 g/mol. The number of aromatic nitrogens is 1. The van der Waals surface area contributed by atoms with Crippen molar-refractivity contribution in [2.75, 3.05) is 14.2 Å². The van der Waals surface area contributed by atoms with Gasteiger partial charge in [-0.25, -0.2) is 4.98 Å². The molecule has 1 N–H and O–H groups in total. The number of methoxy groups -OCH3 is 2. The number of para-hydroxylation sites is 1. The first-order valence-electron chi connectivity index (χ1n) is 10.8. The topological polar surface area (TPSA) is 69.7 Å². The molecule has 0 saturated heterocycles. The van der Waals surface area contributed by atoms with E-state index in [2.05, 4.69) is 10.3 Å². The largest absolute Gasteiger partial charge is 0.493 e. The second kappa shape index (κ2) is 11.4. The second-order valence-corrected chi connectivity index (χ2v) is 8.42. The maximum Gasteiger partial charge on any atom is 0.271 e. The summed E-state index contributed by atoms with van der Waals surface area (Å²) in [5.74, 6) is 0.988. The van der Waals surface area contributed by atoms with Crippen molar-refractivity contribution >= 4 is 17.2 Å². The van der Waals surface area contributed by atoms with Crippen molar-refractivity contribution < 1.29 is 19.0 Å². The fraction of sp³-hybridized carbons (Fsp3) is 0.185. The fourth-order valence-corrected chi connectivity index (χ4v) is 4.34. The molecule has 0 atom stereocenters. The number of rotatable bonds is 10. The number of hydrogen-bond acceptors (Lipinski definition) is 6. The van der Waals surface area contributed by atoms with Crippen molar-refractivity contribution in [3.8, 4) is 22.1 Å². The molecule has 0 saturated carbocycles. The molecule has 7 heteroatoms. The monoisotopic (exact) mass is 474 g/mol. The van der Waals surface area contributed by atoms with Crippen molar-refractivity contribution in [1.82, 2.24) is 10.3 Å². The summed E-state index contributed by atoms with van der Waals surface area (Å²) in [7, 11) is 3.18. The highest BCUT2D eigenvalue weighted by Crippen LogP contribution is 2.38. The van der Waals surface area contributed by atoms with Crippen LogP contribution in [0.1, 0.15) is 27.2 Å². The molecule has 1 aromatic heterocycles. The molecular formula is C27H26N2O4S. The van der Waals surface area contributed by atoms with Gasteiger partial charge in [-0.15, -0.1) is 11.3 Å². The summed E-state index contributed by atoms with van der Waals surface area (Å²) in [4.78, 5) is 17.2. The molecule has 0 aliphatic rings. The van der Waals surface area contributed by atoms with Gasteiger partial charge in [-0.05, 0) is 28.8 Å². The summed E-state index contributed by atoms with van der Waals surface area (Å²) >= 11 is 1.39. The lowest BCUT2D eigenvalue weighted by Crippen LogP contribution is -2.23. The van der Waals surface area contributed by atoms with Gasteiger partial charge in [0.25, 0.3) is 5.91 Å². The van der Waals surface area contributed by atoms with Gasteiger partial charge in [0.1, 0.15) is 10.7 Å². The third kappa shape index (κ3) is 5.81. The Morgan fingerprint density at radius 2 is 1.62 bits per heavy atom. The van der Waals surface area contributed by atoms with Gasteiger partial charge in [0.15, 0.2) is 11.5 Å². The minimum Gasteiger partial charge on any atom is -0.493 e. The molecule has 0 radical (unpaired) electrons. The van der Waals surface area contributed by atoms with E-state index in [1.54, 1.807) is 19.6 Å². The van der Waals surface area contributed by atoms with Crippen molar-refractivity contribution in [1.29, 1.82) is 0 Å². The van der Waals surface area contributed by atoms with E-state index in [0.717, 1.165) is 22.3 Å². The number of nitrogens with one attached hydrogen (secondary N) is 1. The van der Waals surface area contributed by atoms with Gasteiger partial charge in [-0.1, -0.05) is 60.7 Å². The van der Waals surface area contributed by atoms with E-state index in [-0.39, 0.29) is 5.91 Å². The first kappa shape index (κ1) is 23.5. The summed E-state index contributed by atoms with van der Waals surface area (Å²) in [5.41, 5.74) is 4.35. The molecule has 0 aliphatic heterocycles. The Morgan fingerprint density at radius 1 is 0.882 bits per heavy atom. The maximum atomic E-state index is 12.7. The van der Waals surface area contributed by atoms with Crippen molar-refractivity contribution in [3.05, 3.63) is 101 Å². The third-order valence-corrected chi connectivity index (χ3v) is 6.07. The molecule has 6 nitrogen and oxygen atoms in total. The Bertz CT molecular complexity index is 1240. The molecule has 0 unspecified atom stereocenters. The van der Waals surface area contributed by atoms with Gasteiger partial charge >= 0.3 is 0 Å². The number of amides is 1. The molecule has 0 fully saturated rings. The fourth-order valence-electron chi connectivity index (χ4n) is 3.52. The van der Waals surface area contributed by atoms with Crippen LogP contribution in [0.2, 0.25) is 0 Å². The third-order valence-electron chi connectivity index (χ3n) is 5.19. The molecule has 34 heavy (non-hydrogen) atoms. The predicted octanol–water partition coefficient (Wildman–Crippen LogP) is 5.47. The lowest BCUT2D eigenvalue weighted by atomic mass is 10.1. The number of benzene rings is 3. The van der Waals surface area contributed by atoms with Crippen LogP contribution < -0.4 is 14.8 Å². The van der Waals surface area contributed by atoms with Crippen molar-refractivity contribution in [3.63, 3.8) is 0 Å². The Kier molecular flexibility index (Phi) is 7.91. The van der Waals surface area contributed by atoms with Gasteiger partial charge in [-0.2, -0.15) is 0 Å². The minimum atomic E-state index is -0.227. The van der Waals surface area contributed by atoms with Crippen LogP contribution in [-0.4, -0.2) is 25.1 Å². The maximum absolute atomic E-state index is 12.7. The first-order chi connectivity index (χ1) is 16.7. The van der Waals surface area contributed by atoms with Gasteiger partial charge in [0, 0.05) is 11.9 Å². The average Bonchev–Trinajstić information content (AvgIpc) is 3.38. The number of thiazole rings is 1. The van der Waals surface area contributed by atoms with Gasteiger partial charge < -0.3 is 19.5 Å². The zero-order valence-corrected chi connectivity index (χ0v) is 19.9. The Hall–Kier alpha value is -3.68. The molecule has 1 heterocycles. The number of carbonyl (C=O) groups excluding carboxylic acids is 1. The molecule has 0 aliphatic carbocycles. The summed E-state index contributed by atoms with van der Waals surface area (Å²) in [6.07, 6.45) is 0. The molecule has 0 bridgehead atoms. The van der Waals surface area contributed by atoms with Crippen LogP contribution in [0.3, 0.4) is 0 Å². The normalized spacial score (nSPS) is 10.6. The van der Waals surface area contributed by atoms with E-state index in [4.69, 9.17) is 14.2 Å². The Labute approximate surface area is 203 Å². The summed E-state index contributed by atoms with van der Waals surface area (Å²) < 4.78 is 16.7. The number of hydrogen-bond donors (Lipinski definition) is 1. The van der Waals surface area contributed by atoms with Crippen LogP contribution in [0.5, 0.6) is 11.5 Å². The van der Waals surface area contributed by atoms with Crippen LogP contribution in [-0.2, 0) is 24.5 Å². The highest BCUT2D eigenvalue weighted by molar-refractivity contribution is 7.13. The first-order valence-corrected chi connectivity index (χ1v) is 11.7. The Balaban J connectivity index is 1.35. The van der Waals surface area contributed by atoms with E-state index < -0.39 is 0 Å². The number of nitrogens with zero attached hydrogens (tertiary/aromatic N) is 1. The highest BCUT2D eigenvalue weighted by Gasteiger charge is 2.17. The average molecular weight is 475 g/mol. The number of carbonyl (C=O) groups is 1. The van der Waals surface area contributed by atoms with E-state index >= 15 is 0 Å².